The van der Waals surface area contributed by atoms with Crippen LogP contribution < -0.4 is 0 Å². The Morgan fingerprint density at radius 1 is 1.50 bits per heavy atom. The van der Waals surface area contributed by atoms with Crippen LogP contribution in [0.3, 0.4) is 0 Å². The van der Waals surface area contributed by atoms with Crippen LogP contribution in [0.1, 0.15) is 6.92 Å². The molecule has 1 rings (SSSR count). The van der Waals surface area contributed by atoms with Crippen molar-refractivity contribution in [1.82, 2.24) is 0 Å². The Hall–Kier alpha value is -0.320. The molecular formula is C7H7BrF3N. The molecule has 0 aromatic heterocycles. The quantitative estimate of drug-likeness (QED) is 0.579. The lowest BCUT2D eigenvalue weighted by molar-refractivity contribution is -0.0581. The predicted octanol–water partition coefficient (Wildman–Crippen LogP) is 2.71. The Morgan fingerprint density at radius 2 is 2.08 bits per heavy atom. The van der Waals surface area contributed by atoms with Gasteiger partial charge in [-0.25, -0.2) is 0 Å². The SMILES string of the molecule is CC1N=C(C(F)(F)F)C=CC1Br. The Kier molecular flexibility index (Phi) is 2.61. The molecule has 0 spiro atoms. The minimum Gasteiger partial charge on any atom is -0.276 e. The fourth-order valence-electron chi connectivity index (χ4n) is 0.845. The van der Waals surface area contributed by atoms with Crippen molar-refractivity contribution in [1.29, 1.82) is 0 Å². The number of dihydropyridines is 1. The number of hydrogen-bond donors (Lipinski definition) is 0. The normalized spacial score (nSPS) is 30.2. The van der Waals surface area contributed by atoms with Gasteiger partial charge in [-0.1, -0.05) is 22.0 Å². The summed E-state index contributed by atoms with van der Waals surface area (Å²) in [4.78, 5) is 3.40. The summed E-state index contributed by atoms with van der Waals surface area (Å²) in [5.41, 5.74) is -0.800. The van der Waals surface area contributed by atoms with Crippen molar-refractivity contribution in [3.05, 3.63) is 12.2 Å². The van der Waals surface area contributed by atoms with E-state index in [4.69, 9.17) is 0 Å². The first-order valence-electron chi connectivity index (χ1n) is 3.38. The van der Waals surface area contributed by atoms with Gasteiger partial charge in [0.05, 0.1) is 10.9 Å². The predicted molar refractivity (Wildman–Crippen MR) is 44.8 cm³/mol. The average Bonchev–Trinajstić information content (AvgIpc) is 1.92. The standard InChI is InChI=1S/C7H7BrF3N/c1-4-5(8)2-3-6(12-4)7(9,10)11/h2-5H,1H3. The summed E-state index contributed by atoms with van der Waals surface area (Å²) in [6.07, 6.45) is -1.86. The Balaban J connectivity index is 2.84. The summed E-state index contributed by atoms with van der Waals surface area (Å²) in [6.45, 7) is 1.63. The maximum absolute atomic E-state index is 12.0. The first-order chi connectivity index (χ1) is 5.41. The number of halogens is 4. The molecule has 1 heterocycles. The first kappa shape index (κ1) is 9.77. The van der Waals surface area contributed by atoms with Gasteiger partial charge >= 0.3 is 6.18 Å². The molecule has 0 aliphatic carbocycles. The van der Waals surface area contributed by atoms with Crippen LogP contribution in [0.4, 0.5) is 13.2 Å². The van der Waals surface area contributed by atoms with Crippen LogP contribution in [0.2, 0.25) is 0 Å². The molecule has 0 amide bonds. The second-order valence-corrected chi connectivity index (χ2v) is 3.61. The zero-order chi connectivity index (χ0) is 9.35. The molecule has 0 saturated heterocycles. The summed E-state index contributed by atoms with van der Waals surface area (Å²) < 4.78 is 36.1. The van der Waals surface area contributed by atoms with Crippen molar-refractivity contribution >= 4 is 21.6 Å². The highest BCUT2D eigenvalue weighted by molar-refractivity contribution is 9.09. The van der Waals surface area contributed by atoms with E-state index in [-0.39, 0.29) is 10.9 Å². The van der Waals surface area contributed by atoms with Gasteiger partial charge in [0.1, 0.15) is 5.71 Å². The van der Waals surface area contributed by atoms with Crippen LogP contribution in [0, 0.1) is 0 Å². The van der Waals surface area contributed by atoms with Crippen LogP contribution in [0.15, 0.2) is 17.1 Å². The number of rotatable bonds is 0. The summed E-state index contributed by atoms with van der Waals surface area (Å²) in [5.74, 6) is 0. The van der Waals surface area contributed by atoms with E-state index >= 15 is 0 Å². The number of aliphatic imine (C=N–C) groups is 1. The summed E-state index contributed by atoms with van der Waals surface area (Å²) in [7, 11) is 0. The van der Waals surface area contributed by atoms with Crippen molar-refractivity contribution in [3.8, 4) is 0 Å². The van der Waals surface area contributed by atoms with E-state index in [1.165, 1.54) is 6.08 Å². The van der Waals surface area contributed by atoms with E-state index in [1.807, 2.05) is 0 Å². The van der Waals surface area contributed by atoms with Gasteiger partial charge in [0.25, 0.3) is 0 Å². The van der Waals surface area contributed by atoms with E-state index in [1.54, 1.807) is 6.92 Å². The van der Waals surface area contributed by atoms with Crippen LogP contribution in [0.5, 0.6) is 0 Å². The first-order valence-corrected chi connectivity index (χ1v) is 4.30. The highest BCUT2D eigenvalue weighted by atomic mass is 79.9. The molecule has 0 radical (unpaired) electrons. The maximum Gasteiger partial charge on any atom is 0.432 e. The number of nitrogens with zero attached hydrogens (tertiary/aromatic N) is 1. The molecule has 0 aromatic rings. The largest absolute Gasteiger partial charge is 0.432 e. The van der Waals surface area contributed by atoms with Crippen molar-refractivity contribution in [2.24, 2.45) is 4.99 Å². The molecule has 0 N–H and O–H groups in total. The van der Waals surface area contributed by atoms with E-state index < -0.39 is 11.9 Å². The lowest BCUT2D eigenvalue weighted by Gasteiger charge is -2.18. The molecule has 1 nitrogen and oxygen atoms in total. The highest BCUT2D eigenvalue weighted by Crippen LogP contribution is 2.24. The van der Waals surface area contributed by atoms with E-state index in [2.05, 4.69) is 20.9 Å². The molecule has 12 heavy (non-hydrogen) atoms. The van der Waals surface area contributed by atoms with Gasteiger partial charge in [-0.3, -0.25) is 4.99 Å². The van der Waals surface area contributed by atoms with Gasteiger partial charge in [0.2, 0.25) is 0 Å². The molecule has 0 aromatic carbocycles. The van der Waals surface area contributed by atoms with Gasteiger partial charge in [0, 0.05) is 0 Å². The van der Waals surface area contributed by atoms with E-state index in [0.29, 0.717) is 0 Å². The van der Waals surface area contributed by atoms with Crippen molar-refractivity contribution in [3.63, 3.8) is 0 Å². The molecule has 2 atom stereocenters. The minimum absolute atomic E-state index is 0.0939. The molecule has 0 fully saturated rings. The summed E-state index contributed by atoms with van der Waals surface area (Å²) in [5, 5.41) is 0. The Morgan fingerprint density at radius 3 is 2.50 bits per heavy atom. The molecule has 0 saturated carbocycles. The molecule has 1 aliphatic rings. The molecular weight excluding hydrogens is 235 g/mol. The monoisotopic (exact) mass is 241 g/mol. The third-order valence-electron chi connectivity index (χ3n) is 1.53. The fraction of sp³-hybridized carbons (Fsp3) is 0.571. The average molecular weight is 242 g/mol. The lowest BCUT2D eigenvalue weighted by Crippen LogP contribution is -2.28. The van der Waals surface area contributed by atoms with Crippen molar-refractivity contribution in [2.75, 3.05) is 0 Å². The van der Waals surface area contributed by atoms with Crippen LogP contribution in [-0.4, -0.2) is 22.8 Å². The summed E-state index contributed by atoms with van der Waals surface area (Å²) >= 11 is 3.19. The van der Waals surface area contributed by atoms with Gasteiger partial charge in [-0.2, -0.15) is 13.2 Å². The maximum atomic E-state index is 12.0. The van der Waals surface area contributed by atoms with Crippen molar-refractivity contribution < 1.29 is 13.2 Å². The summed E-state index contributed by atoms with van der Waals surface area (Å²) in [6, 6.07) is -0.355. The highest BCUT2D eigenvalue weighted by Gasteiger charge is 2.36. The minimum atomic E-state index is -4.32. The second kappa shape index (κ2) is 3.20. The second-order valence-electron chi connectivity index (χ2n) is 2.56. The van der Waals surface area contributed by atoms with Crippen LogP contribution in [0.25, 0.3) is 0 Å². The molecule has 68 valence electrons. The Labute approximate surface area is 76.5 Å². The topological polar surface area (TPSA) is 12.4 Å². The zero-order valence-corrected chi connectivity index (χ0v) is 7.85. The number of hydrogen-bond acceptors (Lipinski definition) is 1. The van der Waals surface area contributed by atoms with E-state index in [9.17, 15) is 13.2 Å². The lowest BCUT2D eigenvalue weighted by atomic mass is 10.1. The molecule has 1 aliphatic heterocycles. The van der Waals surface area contributed by atoms with E-state index in [0.717, 1.165) is 6.08 Å². The van der Waals surface area contributed by atoms with Gasteiger partial charge in [0.15, 0.2) is 0 Å². The van der Waals surface area contributed by atoms with Crippen LogP contribution in [-0.2, 0) is 0 Å². The van der Waals surface area contributed by atoms with Gasteiger partial charge < -0.3 is 0 Å². The number of alkyl halides is 4. The van der Waals surface area contributed by atoms with Gasteiger partial charge in [-0.05, 0) is 13.0 Å². The smallest absolute Gasteiger partial charge is 0.276 e. The molecule has 0 bridgehead atoms. The third kappa shape index (κ3) is 2.09. The number of allylic oxidation sites excluding steroid dienone is 1. The fourth-order valence-corrected chi connectivity index (χ4v) is 1.12. The Bertz CT molecular complexity index is 231. The zero-order valence-electron chi connectivity index (χ0n) is 6.27. The van der Waals surface area contributed by atoms with Gasteiger partial charge in [-0.15, -0.1) is 0 Å². The van der Waals surface area contributed by atoms with Crippen molar-refractivity contribution in [2.45, 2.75) is 24.0 Å². The van der Waals surface area contributed by atoms with Crippen LogP contribution >= 0.6 is 15.9 Å². The third-order valence-corrected chi connectivity index (χ3v) is 2.60. The molecule has 2 unspecified atom stereocenters. The molecule has 5 heteroatoms.